The van der Waals surface area contributed by atoms with Crippen molar-refractivity contribution >= 4 is 21.6 Å². The summed E-state index contributed by atoms with van der Waals surface area (Å²) in [4.78, 5) is 12.7. The maximum atomic E-state index is 13.0. The molecule has 0 bridgehead atoms. The molecule has 32 heavy (non-hydrogen) atoms. The molecule has 174 valence electrons. The minimum Gasteiger partial charge on any atom is -0.496 e. The van der Waals surface area contributed by atoms with Gasteiger partial charge >= 0.3 is 0 Å². The van der Waals surface area contributed by atoms with Gasteiger partial charge in [-0.15, -0.1) is 0 Å². The number of carbonyl (C=O) groups excluding carboxylic acids is 1. The van der Waals surface area contributed by atoms with Crippen molar-refractivity contribution in [3.63, 3.8) is 0 Å². The van der Waals surface area contributed by atoms with Crippen molar-refractivity contribution in [1.29, 1.82) is 0 Å². The normalized spacial score (nSPS) is 14.9. The Kier molecular flexibility index (Phi) is 8.11. The molecule has 1 fully saturated rings. The molecule has 8 nitrogen and oxygen atoms in total. The molecule has 1 heterocycles. The number of hydrogen-bond donors (Lipinski definition) is 1. The number of benzene rings is 2. The second-order valence-corrected chi connectivity index (χ2v) is 9.67. The van der Waals surface area contributed by atoms with E-state index in [0.29, 0.717) is 55.5 Å². The molecule has 1 N–H and O–H groups in total. The Morgan fingerprint density at radius 3 is 2.59 bits per heavy atom. The van der Waals surface area contributed by atoms with Gasteiger partial charge in [0.2, 0.25) is 15.9 Å². The van der Waals surface area contributed by atoms with Crippen molar-refractivity contribution in [1.82, 2.24) is 4.31 Å². The monoisotopic (exact) mass is 462 g/mol. The molecular weight excluding hydrogens is 432 g/mol. The third kappa shape index (κ3) is 6.21. The van der Waals surface area contributed by atoms with Crippen LogP contribution in [0.3, 0.4) is 0 Å². The van der Waals surface area contributed by atoms with E-state index in [1.165, 1.54) is 17.5 Å². The zero-order valence-corrected chi connectivity index (χ0v) is 19.5. The van der Waals surface area contributed by atoms with E-state index < -0.39 is 10.0 Å². The van der Waals surface area contributed by atoms with E-state index in [2.05, 4.69) is 5.32 Å². The summed E-state index contributed by atoms with van der Waals surface area (Å²) in [5, 5.41) is 2.86. The van der Waals surface area contributed by atoms with E-state index in [1.807, 2.05) is 26.0 Å². The molecule has 2 aromatic carbocycles. The lowest BCUT2D eigenvalue weighted by Crippen LogP contribution is -2.40. The van der Waals surface area contributed by atoms with E-state index in [0.717, 1.165) is 0 Å². The third-order valence-corrected chi connectivity index (χ3v) is 6.87. The lowest BCUT2D eigenvalue weighted by molar-refractivity contribution is -0.116. The van der Waals surface area contributed by atoms with Gasteiger partial charge in [0.05, 0.1) is 31.3 Å². The molecule has 0 aromatic heterocycles. The molecule has 0 unspecified atom stereocenters. The first kappa shape index (κ1) is 24.0. The minimum absolute atomic E-state index is 0.0365. The molecule has 0 atom stereocenters. The fraction of sp³-hybridized carbons (Fsp3) is 0.435. The van der Waals surface area contributed by atoms with Gasteiger partial charge in [-0.1, -0.05) is 6.07 Å². The molecule has 1 amide bonds. The highest BCUT2D eigenvalue weighted by Crippen LogP contribution is 2.26. The molecule has 0 spiro atoms. The predicted octanol–water partition coefficient (Wildman–Crippen LogP) is 3.07. The Bertz CT molecular complexity index is 1030. The van der Waals surface area contributed by atoms with Crippen LogP contribution in [0.4, 0.5) is 5.69 Å². The van der Waals surface area contributed by atoms with Crippen molar-refractivity contribution in [2.24, 2.45) is 0 Å². The van der Waals surface area contributed by atoms with E-state index >= 15 is 0 Å². The smallest absolute Gasteiger partial charge is 0.243 e. The average Bonchev–Trinajstić information content (AvgIpc) is 2.78. The highest BCUT2D eigenvalue weighted by atomic mass is 32.2. The molecule has 1 aliphatic rings. The van der Waals surface area contributed by atoms with Crippen LogP contribution in [0, 0.1) is 0 Å². The highest BCUT2D eigenvalue weighted by molar-refractivity contribution is 7.89. The van der Waals surface area contributed by atoms with E-state index in [1.54, 1.807) is 24.3 Å². The summed E-state index contributed by atoms with van der Waals surface area (Å²) >= 11 is 0. The minimum atomic E-state index is -3.63. The first-order chi connectivity index (χ1) is 15.3. The Morgan fingerprint density at radius 2 is 1.91 bits per heavy atom. The van der Waals surface area contributed by atoms with Crippen LogP contribution in [0.15, 0.2) is 47.4 Å². The van der Waals surface area contributed by atoms with Crippen molar-refractivity contribution in [2.45, 2.75) is 37.7 Å². The van der Waals surface area contributed by atoms with Crippen LogP contribution >= 0.6 is 0 Å². The van der Waals surface area contributed by atoms with E-state index in [9.17, 15) is 13.2 Å². The first-order valence-corrected chi connectivity index (χ1v) is 12.0. The summed E-state index contributed by atoms with van der Waals surface area (Å²) in [6.45, 7) is 5.28. The van der Waals surface area contributed by atoms with Crippen LogP contribution in [0.1, 0.15) is 25.8 Å². The molecule has 0 saturated carbocycles. The summed E-state index contributed by atoms with van der Waals surface area (Å²) in [7, 11) is -2.11. The van der Waals surface area contributed by atoms with Gasteiger partial charge < -0.3 is 19.5 Å². The van der Waals surface area contributed by atoms with Crippen LogP contribution < -0.4 is 14.8 Å². The zero-order valence-electron chi connectivity index (χ0n) is 18.7. The first-order valence-electron chi connectivity index (χ1n) is 10.6. The summed E-state index contributed by atoms with van der Waals surface area (Å²) in [6.07, 6.45) is 0.547. The molecule has 3 rings (SSSR count). The summed E-state index contributed by atoms with van der Waals surface area (Å²) in [5.74, 6) is 1.04. The third-order valence-electron chi connectivity index (χ3n) is 4.97. The molecule has 0 radical (unpaired) electrons. The number of nitrogens with one attached hydrogen (secondary N) is 1. The lowest BCUT2D eigenvalue weighted by atomic mass is 10.1. The van der Waals surface area contributed by atoms with Crippen LogP contribution in [-0.4, -0.2) is 58.1 Å². The number of hydrogen-bond acceptors (Lipinski definition) is 6. The standard InChI is InChI=1S/C23H30N2O6S/c1-17(2)31-20-6-4-5-19(16-20)24-23(26)10-7-18-15-21(8-9-22(18)29-3)32(27,28)25-11-13-30-14-12-25/h4-6,8-9,15-17H,7,10-14H2,1-3H3,(H,24,26). The number of morpholine rings is 1. The number of carbonyl (C=O) groups is 1. The van der Waals surface area contributed by atoms with E-state index in [4.69, 9.17) is 14.2 Å². The number of anilines is 1. The molecule has 0 aliphatic carbocycles. The van der Waals surface area contributed by atoms with E-state index in [-0.39, 0.29) is 23.3 Å². The molecular formula is C23H30N2O6S. The van der Waals surface area contributed by atoms with Gasteiger partial charge in [-0.05, 0) is 56.2 Å². The average molecular weight is 463 g/mol. The molecule has 1 saturated heterocycles. The van der Waals surface area contributed by atoms with Crippen LogP contribution in [-0.2, 0) is 26.0 Å². The second kappa shape index (κ2) is 10.8. The number of methoxy groups -OCH3 is 1. The molecule has 2 aromatic rings. The van der Waals surface area contributed by atoms with Gasteiger partial charge in [-0.25, -0.2) is 8.42 Å². The van der Waals surface area contributed by atoms with Gasteiger partial charge in [0.15, 0.2) is 0 Å². The summed E-state index contributed by atoms with van der Waals surface area (Å²) < 4.78 is 43.6. The Labute approximate surface area is 189 Å². The second-order valence-electron chi connectivity index (χ2n) is 7.73. The topological polar surface area (TPSA) is 94.2 Å². The largest absolute Gasteiger partial charge is 0.496 e. The SMILES string of the molecule is COc1ccc(S(=O)(=O)N2CCOCC2)cc1CCC(=O)Nc1cccc(OC(C)C)c1. The number of rotatable bonds is 9. The van der Waals surface area contributed by atoms with Crippen LogP contribution in [0.2, 0.25) is 0 Å². The maximum Gasteiger partial charge on any atom is 0.243 e. The van der Waals surface area contributed by atoms with Crippen molar-refractivity contribution in [3.8, 4) is 11.5 Å². The number of aryl methyl sites for hydroxylation is 1. The lowest BCUT2D eigenvalue weighted by Gasteiger charge is -2.26. The Balaban J connectivity index is 1.68. The summed E-state index contributed by atoms with van der Waals surface area (Å²) in [5.41, 5.74) is 1.30. The van der Waals surface area contributed by atoms with Gasteiger partial charge in [-0.2, -0.15) is 4.31 Å². The van der Waals surface area contributed by atoms with Gasteiger partial charge in [0, 0.05) is 31.3 Å². The van der Waals surface area contributed by atoms with Crippen LogP contribution in [0.25, 0.3) is 0 Å². The number of amides is 1. The quantitative estimate of drug-likeness (QED) is 0.616. The van der Waals surface area contributed by atoms with Crippen molar-refractivity contribution < 1.29 is 27.4 Å². The van der Waals surface area contributed by atoms with Gasteiger partial charge in [0.25, 0.3) is 0 Å². The van der Waals surface area contributed by atoms with Gasteiger partial charge in [0.1, 0.15) is 11.5 Å². The summed E-state index contributed by atoms with van der Waals surface area (Å²) in [6, 6.07) is 12.0. The fourth-order valence-corrected chi connectivity index (χ4v) is 4.90. The number of ether oxygens (including phenoxy) is 3. The maximum absolute atomic E-state index is 13.0. The Morgan fingerprint density at radius 1 is 1.16 bits per heavy atom. The number of nitrogens with zero attached hydrogens (tertiary/aromatic N) is 1. The van der Waals surface area contributed by atoms with Crippen molar-refractivity contribution in [3.05, 3.63) is 48.0 Å². The number of sulfonamides is 1. The van der Waals surface area contributed by atoms with Crippen molar-refractivity contribution in [2.75, 3.05) is 38.7 Å². The fourth-order valence-electron chi connectivity index (χ4n) is 3.44. The molecule has 9 heteroatoms. The van der Waals surface area contributed by atoms with Gasteiger partial charge in [-0.3, -0.25) is 4.79 Å². The predicted molar refractivity (Wildman–Crippen MR) is 122 cm³/mol. The highest BCUT2D eigenvalue weighted by Gasteiger charge is 2.27. The zero-order chi connectivity index (χ0) is 23.1. The van der Waals surface area contributed by atoms with Crippen LogP contribution in [0.5, 0.6) is 11.5 Å². The Hall–Kier alpha value is -2.62. The molecule has 1 aliphatic heterocycles.